The van der Waals surface area contributed by atoms with E-state index in [1.165, 1.54) is 0 Å². The summed E-state index contributed by atoms with van der Waals surface area (Å²) in [6.45, 7) is 1.96. The van der Waals surface area contributed by atoms with Gasteiger partial charge in [0.25, 0.3) is 5.56 Å². The van der Waals surface area contributed by atoms with Crippen LogP contribution in [0, 0.1) is 6.92 Å². The Kier molecular flexibility index (Phi) is 4.91. The average Bonchev–Trinajstić information content (AvgIpc) is 2.70. The van der Waals surface area contributed by atoms with Gasteiger partial charge in [0.1, 0.15) is 0 Å². The van der Waals surface area contributed by atoms with Gasteiger partial charge in [-0.3, -0.25) is 9.78 Å². The summed E-state index contributed by atoms with van der Waals surface area (Å²) in [6, 6.07) is 9.50. The summed E-state index contributed by atoms with van der Waals surface area (Å²) in [5.41, 5.74) is 2.58. The fraction of sp³-hybridized carbons (Fsp3) is 0.350. The van der Waals surface area contributed by atoms with E-state index < -0.39 is 0 Å². The van der Waals surface area contributed by atoms with Gasteiger partial charge in [-0.05, 0) is 56.9 Å². The number of pyridine rings is 1. The van der Waals surface area contributed by atoms with Gasteiger partial charge < -0.3 is 5.32 Å². The van der Waals surface area contributed by atoms with E-state index in [2.05, 4.69) is 25.4 Å². The maximum absolute atomic E-state index is 12.4. The molecule has 0 unspecified atom stereocenters. The highest BCUT2D eigenvalue weighted by atomic mass is 16.1. The average molecular weight is 362 g/mol. The smallest absolute Gasteiger partial charge is 0.267 e. The van der Waals surface area contributed by atoms with Gasteiger partial charge in [0.05, 0.1) is 11.7 Å². The van der Waals surface area contributed by atoms with Crippen molar-refractivity contribution >= 4 is 5.95 Å². The van der Waals surface area contributed by atoms with Crippen LogP contribution in [-0.4, -0.2) is 30.8 Å². The number of hydrogen-bond acceptors (Lipinski definition) is 6. The van der Waals surface area contributed by atoms with E-state index in [4.69, 9.17) is 0 Å². The first-order valence-electron chi connectivity index (χ1n) is 9.25. The van der Waals surface area contributed by atoms with Gasteiger partial charge in [-0.15, -0.1) is 0 Å². The van der Waals surface area contributed by atoms with Crippen LogP contribution in [0.1, 0.15) is 37.4 Å². The third-order valence-electron chi connectivity index (χ3n) is 4.95. The Bertz CT molecular complexity index is 963. The number of hydrogen-bond donors (Lipinski definition) is 1. The van der Waals surface area contributed by atoms with Crippen LogP contribution in [0.5, 0.6) is 0 Å². The van der Waals surface area contributed by atoms with Crippen molar-refractivity contribution in [3.8, 4) is 11.3 Å². The Labute approximate surface area is 157 Å². The zero-order chi connectivity index (χ0) is 18.6. The van der Waals surface area contributed by atoms with Gasteiger partial charge in [0.15, 0.2) is 0 Å². The Balaban J connectivity index is 1.46. The van der Waals surface area contributed by atoms with Crippen LogP contribution in [0.3, 0.4) is 0 Å². The number of anilines is 1. The van der Waals surface area contributed by atoms with Crippen molar-refractivity contribution in [1.29, 1.82) is 0 Å². The molecule has 0 spiro atoms. The fourth-order valence-electron chi connectivity index (χ4n) is 3.52. The summed E-state index contributed by atoms with van der Waals surface area (Å²) >= 11 is 0. The van der Waals surface area contributed by atoms with Gasteiger partial charge in [-0.2, -0.15) is 5.10 Å². The molecular formula is C20H22N6O. The van der Waals surface area contributed by atoms with E-state index in [9.17, 15) is 4.79 Å². The second-order valence-corrected chi connectivity index (χ2v) is 6.91. The highest BCUT2D eigenvalue weighted by molar-refractivity contribution is 5.56. The third kappa shape index (κ3) is 4.02. The predicted molar refractivity (Wildman–Crippen MR) is 103 cm³/mol. The lowest BCUT2D eigenvalue weighted by Gasteiger charge is -2.29. The quantitative estimate of drug-likeness (QED) is 0.768. The van der Waals surface area contributed by atoms with Gasteiger partial charge in [-0.1, -0.05) is 0 Å². The minimum absolute atomic E-state index is 0.0546. The molecule has 0 aromatic carbocycles. The molecule has 0 bridgehead atoms. The maximum atomic E-state index is 12.4. The van der Waals surface area contributed by atoms with Crippen molar-refractivity contribution < 1.29 is 0 Å². The molecule has 3 heterocycles. The Morgan fingerprint density at radius 3 is 2.67 bits per heavy atom. The largest absolute Gasteiger partial charge is 0.351 e. The molecule has 7 heteroatoms. The molecule has 3 aromatic rings. The van der Waals surface area contributed by atoms with Crippen molar-refractivity contribution in [2.24, 2.45) is 0 Å². The van der Waals surface area contributed by atoms with Gasteiger partial charge in [-0.25, -0.2) is 14.6 Å². The lowest BCUT2D eigenvalue weighted by Crippen LogP contribution is -2.33. The molecule has 7 nitrogen and oxygen atoms in total. The number of aromatic nitrogens is 5. The number of aryl methyl sites for hydroxylation is 1. The Morgan fingerprint density at radius 1 is 1.07 bits per heavy atom. The molecule has 3 aromatic heterocycles. The lowest BCUT2D eigenvalue weighted by atomic mass is 9.91. The molecule has 0 amide bonds. The van der Waals surface area contributed by atoms with E-state index in [0.29, 0.717) is 12.0 Å². The third-order valence-corrected chi connectivity index (χ3v) is 4.95. The van der Waals surface area contributed by atoms with Crippen molar-refractivity contribution in [1.82, 2.24) is 24.7 Å². The van der Waals surface area contributed by atoms with Crippen molar-refractivity contribution in [3.05, 3.63) is 65.0 Å². The van der Waals surface area contributed by atoms with E-state index in [-0.39, 0.29) is 11.6 Å². The SMILES string of the molecule is Cc1ccnc(NC2CCC(n3nc(-c4cccnc4)ccc3=O)CC2)n1. The standard InChI is InChI=1S/C20H22N6O/c1-14-10-12-22-20(23-14)24-16-4-6-17(7-5-16)26-19(27)9-8-18(25-26)15-3-2-11-21-13-15/h2-3,8-13,16-17H,4-7H2,1H3,(H,22,23,24). The zero-order valence-electron chi connectivity index (χ0n) is 15.2. The summed E-state index contributed by atoms with van der Waals surface area (Å²) in [6.07, 6.45) is 8.95. The first kappa shape index (κ1) is 17.3. The molecule has 4 rings (SSSR count). The summed E-state index contributed by atoms with van der Waals surface area (Å²) < 4.78 is 1.64. The van der Waals surface area contributed by atoms with E-state index in [0.717, 1.165) is 42.6 Å². The zero-order valence-corrected chi connectivity index (χ0v) is 15.2. The van der Waals surface area contributed by atoms with E-state index in [1.807, 2.05) is 25.1 Å². The molecule has 1 fully saturated rings. The second-order valence-electron chi connectivity index (χ2n) is 6.91. The lowest BCUT2D eigenvalue weighted by molar-refractivity contribution is 0.304. The molecule has 1 saturated carbocycles. The van der Waals surface area contributed by atoms with Crippen molar-refractivity contribution in [3.63, 3.8) is 0 Å². The van der Waals surface area contributed by atoms with Crippen LogP contribution in [0.15, 0.2) is 53.7 Å². The van der Waals surface area contributed by atoms with Crippen molar-refractivity contribution in [2.75, 3.05) is 5.32 Å². The Morgan fingerprint density at radius 2 is 1.93 bits per heavy atom. The molecule has 0 atom stereocenters. The molecule has 138 valence electrons. The van der Waals surface area contributed by atoms with Crippen LogP contribution >= 0.6 is 0 Å². The van der Waals surface area contributed by atoms with Crippen LogP contribution in [0.2, 0.25) is 0 Å². The summed E-state index contributed by atoms with van der Waals surface area (Å²) in [4.78, 5) is 25.2. The molecule has 0 radical (unpaired) electrons. The monoisotopic (exact) mass is 362 g/mol. The molecule has 27 heavy (non-hydrogen) atoms. The normalized spacial score (nSPS) is 19.6. The summed E-state index contributed by atoms with van der Waals surface area (Å²) in [5.74, 6) is 0.673. The number of nitrogens with one attached hydrogen (secondary N) is 1. The number of rotatable bonds is 4. The first-order valence-corrected chi connectivity index (χ1v) is 9.25. The maximum Gasteiger partial charge on any atom is 0.267 e. The van der Waals surface area contributed by atoms with Gasteiger partial charge in [0.2, 0.25) is 5.95 Å². The van der Waals surface area contributed by atoms with Gasteiger partial charge in [0, 0.05) is 42.0 Å². The van der Waals surface area contributed by atoms with Crippen LogP contribution in [-0.2, 0) is 0 Å². The second kappa shape index (κ2) is 7.65. The van der Waals surface area contributed by atoms with Crippen LogP contribution in [0.25, 0.3) is 11.3 Å². The predicted octanol–water partition coefficient (Wildman–Crippen LogP) is 3.00. The molecular weight excluding hydrogens is 340 g/mol. The number of nitrogens with zero attached hydrogens (tertiary/aromatic N) is 5. The summed E-state index contributed by atoms with van der Waals surface area (Å²) in [5, 5.41) is 8.01. The van der Waals surface area contributed by atoms with Gasteiger partial charge >= 0.3 is 0 Å². The van der Waals surface area contributed by atoms with Crippen LogP contribution in [0.4, 0.5) is 5.95 Å². The molecule has 1 N–H and O–H groups in total. The fourth-order valence-corrected chi connectivity index (χ4v) is 3.52. The van der Waals surface area contributed by atoms with E-state index >= 15 is 0 Å². The highest BCUT2D eigenvalue weighted by Crippen LogP contribution is 2.28. The van der Waals surface area contributed by atoms with E-state index in [1.54, 1.807) is 35.4 Å². The molecule has 0 saturated heterocycles. The molecule has 0 aliphatic heterocycles. The Hall–Kier alpha value is -3.09. The van der Waals surface area contributed by atoms with Crippen LogP contribution < -0.4 is 10.9 Å². The minimum Gasteiger partial charge on any atom is -0.351 e. The minimum atomic E-state index is -0.0546. The summed E-state index contributed by atoms with van der Waals surface area (Å²) in [7, 11) is 0. The highest BCUT2D eigenvalue weighted by Gasteiger charge is 2.24. The molecule has 1 aliphatic carbocycles. The van der Waals surface area contributed by atoms with Crippen molar-refractivity contribution in [2.45, 2.75) is 44.7 Å². The topological polar surface area (TPSA) is 85.6 Å². The first-order chi connectivity index (χ1) is 13.2. The molecule has 1 aliphatic rings.